The molecule has 1 fully saturated rings. The van der Waals surface area contributed by atoms with Gasteiger partial charge in [-0.2, -0.15) is 0 Å². The number of amides is 1. The molecule has 1 N–H and O–H groups in total. The zero-order chi connectivity index (χ0) is 13.8. The van der Waals surface area contributed by atoms with Gasteiger partial charge in [0.1, 0.15) is 0 Å². The van der Waals surface area contributed by atoms with Gasteiger partial charge in [-0.05, 0) is 38.0 Å². The first-order chi connectivity index (χ1) is 9.13. The fourth-order valence-corrected chi connectivity index (χ4v) is 2.77. The molecule has 0 aromatic rings. The molecule has 0 unspecified atom stereocenters. The van der Waals surface area contributed by atoms with E-state index in [0.29, 0.717) is 18.8 Å². The molecule has 2 atom stereocenters. The Morgan fingerprint density at radius 1 is 1.21 bits per heavy atom. The summed E-state index contributed by atoms with van der Waals surface area (Å²) >= 11 is 0. The number of hydrogen-bond donors (Lipinski definition) is 1. The van der Waals surface area contributed by atoms with Gasteiger partial charge in [0.15, 0.2) is 0 Å². The number of carbonyl (C=O) groups excluding carboxylic acids is 1. The first-order valence-corrected chi connectivity index (χ1v) is 7.30. The summed E-state index contributed by atoms with van der Waals surface area (Å²) < 4.78 is 0. The van der Waals surface area contributed by atoms with Crippen molar-refractivity contribution in [3.05, 3.63) is 12.2 Å². The van der Waals surface area contributed by atoms with Crippen molar-refractivity contribution in [3.8, 4) is 0 Å². The second-order valence-electron chi connectivity index (χ2n) is 5.72. The summed E-state index contributed by atoms with van der Waals surface area (Å²) in [6.45, 7) is 3.63. The minimum atomic E-state index is -0.842. The van der Waals surface area contributed by atoms with Crippen LogP contribution in [0.3, 0.4) is 0 Å². The molecule has 4 nitrogen and oxygen atoms in total. The Morgan fingerprint density at radius 3 is 2.37 bits per heavy atom. The average molecular weight is 265 g/mol. The lowest BCUT2D eigenvalue weighted by Crippen LogP contribution is -2.43. The van der Waals surface area contributed by atoms with Crippen molar-refractivity contribution in [1.82, 2.24) is 4.90 Å². The average Bonchev–Trinajstić information content (AvgIpc) is 3.21. The molecule has 2 aliphatic carbocycles. The van der Waals surface area contributed by atoms with Crippen LogP contribution >= 0.6 is 0 Å². The first kappa shape index (κ1) is 14.1. The van der Waals surface area contributed by atoms with Crippen LogP contribution in [0.5, 0.6) is 0 Å². The maximum absolute atomic E-state index is 12.6. The number of hydrogen-bond acceptors (Lipinski definition) is 2. The Balaban J connectivity index is 2.05. The van der Waals surface area contributed by atoms with E-state index >= 15 is 0 Å². The van der Waals surface area contributed by atoms with E-state index in [4.69, 9.17) is 0 Å². The molecule has 4 heteroatoms. The molecular formula is C15H23NO3. The van der Waals surface area contributed by atoms with E-state index in [2.05, 4.69) is 6.92 Å². The predicted molar refractivity (Wildman–Crippen MR) is 72.6 cm³/mol. The number of nitrogens with zero attached hydrogens (tertiary/aromatic N) is 1. The highest BCUT2D eigenvalue weighted by Crippen LogP contribution is 2.32. The maximum atomic E-state index is 12.6. The van der Waals surface area contributed by atoms with Crippen molar-refractivity contribution >= 4 is 11.9 Å². The fraction of sp³-hybridized carbons (Fsp3) is 0.733. The summed E-state index contributed by atoms with van der Waals surface area (Å²) in [5.41, 5.74) is 0. The number of rotatable bonds is 6. The minimum absolute atomic E-state index is 0.0468. The van der Waals surface area contributed by atoms with Gasteiger partial charge in [-0.15, -0.1) is 0 Å². The Bertz CT molecular complexity index is 374. The zero-order valence-electron chi connectivity index (χ0n) is 11.5. The normalized spacial score (nSPS) is 26.2. The highest BCUT2D eigenvalue weighted by atomic mass is 16.4. The molecule has 19 heavy (non-hydrogen) atoms. The van der Waals surface area contributed by atoms with Gasteiger partial charge in [-0.1, -0.05) is 19.1 Å². The third kappa shape index (κ3) is 3.58. The van der Waals surface area contributed by atoms with Crippen molar-refractivity contribution in [1.29, 1.82) is 0 Å². The number of carbonyl (C=O) groups is 2. The van der Waals surface area contributed by atoms with Crippen molar-refractivity contribution in [3.63, 3.8) is 0 Å². The maximum Gasteiger partial charge on any atom is 0.307 e. The molecule has 0 aromatic heterocycles. The van der Waals surface area contributed by atoms with Crippen LogP contribution in [0.15, 0.2) is 12.2 Å². The summed E-state index contributed by atoms with van der Waals surface area (Å²) in [4.78, 5) is 25.8. The molecule has 1 saturated carbocycles. The smallest absolute Gasteiger partial charge is 0.307 e. The molecule has 0 aromatic carbocycles. The van der Waals surface area contributed by atoms with Crippen molar-refractivity contribution < 1.29 is 14.7 Å². The first-order valence-electron chi connectivity index (χ1n) is 7.30. The van der Waals surface area contributed by atoms with Crippen LogP contribution in [0.4, 0.5) is 0 Å². The molecule has 2 aliphatic rings. The lowest BCUT2D eigenvalue weighted by atomic mass is 9.82. The topological polar surface area (TPSA) is 57.6 Å². The van der Waals surface area contributed by atoms with Crippen LogP contribution < -0.4 is 0 Å². The molecule has 106 valence electrons. The third-order valence-corrected chi connectivity index (χ3v) is 4.05. The summed E-state index contributed by atoms with van der Waals surface area (Å²) in [5.74, 6) is -1.06. The Labute approximate surface area is 114 Å². The Morgan fingerprint density at radius 2 is 1.84 bits per heavy atom. The molecule has 0 heterocycles. The van der Waals surface area contributed by atoms with Crippen LogP contribution in [0.25, 0.3) is 0 Å². The molecule has 1 amide bonds. The van der Waals surface area contributed by atoms with Crippen molar-refractivity contribution in [2.24, 2.45) is 17.8 Å². The Kier molecular flexibility index (Phi) is 4.61. The van der Waals surface area contributed by atoms with Gasteiger partial charge < -0.3 is 10.0 Å². The van der Waals surface area contributed by atoms with E-state index in [1.807, 2.05) is 17.1 Å². The van der Waals surface area contributed by atoms with Gasteiger partial charge in [0.25, 0.3) is 0 Å². The van der Waals surface area contributed by atoms with E-state index in [0.717, 1.165) is 19.5 Å². The summed E-state index contributed by atoms with van der Waals surface area (Å²) in [7, 11) is 0. The molecule has 0 bridgehead atoms. The Hall–Kier alpha value is -1.32. The van der Waals surface area contributed by atoms with Crippen LogP contribution in [0, 0.1) is 17.8 Å². The number of aliphatic carboxylic acids is 1. The molecule has 0 spiro atoms. The van der Waals surface area contributed by atoms with E-state index < -0.39 is 11.9 Å². The SMILES string of the molecule is CCCN(CC1CC1)C(=O)[C@@H]1CC=CC[C@@H]1C(=O)O. The predicted octanol–water partition coefficient (Wildman–Crippen LogP) is 2.30. The highest BCUT2D eigenvalue weighted by Gasteiger charge is 2.37. The van der Waals surface area contributed by atoms with E-state index in [9.17, 15) is 14.7 Å². The monoisotopic (exact) mass is 265 g/mol. The second-order valence-corrected chi connectivity index (χ2v) is 5.72. The highest BCUT2D eigenvalue weighted by molar-refractivity contribution is 5.85. The standard InChI is InChI=1S/C15H23NO3/c1-2-9-16(10-11-7-8-11)14(17)12-5-3-4-6-13(12)15(18)19/h3-4,11-13H,2,5-10H2,1H3,(H,18,19)/t12-,13+/m1/s1. The van der Waals surface area contributed by atoms with Crippen LogP contribution in [0.2, 0.25) is 0 Å². The number of carboxylic acids is 1. The lowest BCUT2D eigenvalue weighted by molar-refractivity contribution is -0.150. The molecule has 0 radical (unpaired) electrons. The van der Waals surface area contributed by atoms with Crippen LogP contribution in [0.1, 0.15) is 39.0 Å². The summed E-state index contributed by atoms with van der Waals surface area (Å²) in [5, 5.41) is 9.26. The minimum Gasteiger partial charge on any atom is -0.481 e. The molecular weight excluding hydrogens is 242 g/mol. The summed E-state index contributed by atoms with van der Waals surface area (Å²) in [6.07, 6.45) is 8.23. The van der Waals surface area contributed by atoms with Gasteiger partial charge in [0.05, 0.1) is 11.8 Å². The van der Waals surface area contributed by atoms with Crippen LogP contribution in [-0.4, -0.2) is 35.0 Å². The molecule has 0 aliphatic heterocycles. The summed E-state index contributed by atoms with van der Waals surface area (Å²) in [6, 6.07) is 0. The van der Waals surface area contributed by atoms with Gasteiger partial charge in [0.2, 0.25) is 5.91 Å². The van der Waals surface area contributed by atoms with Gasteiger partial charge in [0, 0.05) is 13.1 Å². The number of carboxylic acid groups (broad SMARTS) is 1. The molecule has 2 rings (SSSR count). The fourth-order valence-electron chi connectivity index (χ4n) is 2.77. The van der Waals surface area contributed by atoms with E-state index in [-0.39, 0.29) is 11.8 Å². The van der Waals surface area contributed by atoms with Gasteiger partial charge in [-0.25, -0.2) is 0 Å². The van der Waals surface area contributed by atoms with Gasteiger partial charge in [-0.3, -0.25) is 9.59 Å². The zero-order valence-corrected chi connectivity index (χ0v) is 11.5. The van der Waals surface area contributed by atoms with Crippen molar-refractivity contribution in [2.75, 3.05) is 13.1 Å². The quantitative estimate of drug-likeness (QED) is 0.750. The lowest BCUT2D eigenvalue weighted by Gasteiger charge is -2.31. The van der Waals surface area contributed by atoms with Crippen LogP contribution in [-0.2, 0) is 9.59 Å². The van der Waals surface area contributed by atoms with Gasteiger partial charge >= 0.3 is 5.97 Å². The molecule has 0 saturated heterocycles. The largest absolute Gasteiger partial charge is 0.481 e. The number of allylic oxidation sites excluding steroid dienone is 2. The van der Waals surface area contributed by atoms with E-state index in [1.165, 1.54) is 12.8 Å². The third-order valence-electron chi connectivity index (χ3n) is 4.05. The van der Waals surface area contributed by atoms with E-state index in [1.54, 1.807) is 0 Å². The van der Waals surface area contributed by atoms with Crippen molar-refractivity contribution in [2.45, 2.75) is 39.0 Å². The second kappa shape index (κ2) is 6.22.